The van der Waals surface area contributed by atoms with Gasteiger partial charge in [0.1, 0.15) is 6.61 Å². The number of fused-ring (bicyclic) bond motifs is 1. The van der Waals surface area contributed by atoms with E-state index >= 15 is 0 Å². The van der Waals surface area contributed by atoms with E-state index in [1.807, 2.05) is 45.9 Å². The van der Waals surface area contributed by atoms with Gasteiger partial charge in [0.2, 0.25) is 0 Å². The summed E-state index contributed by atoms with van der Waals surface area (Å²) in [6, 6.07) is 8.15. The lowest BCUT2D eigenvalue weighted by molar-refractivity contribution is -0.144. The van der Waals surface area contributed by atoms with Gasteiger partial charge in [-0.2, -0.15) is 10.4 Å². The van der Waals surface area contributed by atoms with Crippen molar-refractivity contribution in [3.8, 4) is 6.07 Å². The number of dihydropyridines is 1. The molecule has 132 valence electrons. The second-order valence-electron chi connectivity index (χ2n) is 7.58. The van der Waals surface area contributed by atoms with Crippen molar-refractivity contribution in [1.82, 2.24) is 15.5 Å². The molecule has 0 aliphatic carbocycles. The van der Waals surface area contributed by atoms with Gasteiger partial charge in [0.15, 0.2) is 0 Å². The van der Waals surface area contributed by atoms with Crippen LogP contribution in [0, 0.1) is 23.7 Å². The van der Waals surface area contributed by atoms with Crippen LogP contribution in [-0.2, 0) is 9.53 Å². The Morgan fingerprint density at radius 3 is 2.85 bits per heavy atom. The lowest BCUT2D eigenvalue weighted by atomic mass is 9.74. The number of nitrogens with zero attached hydrogens (tertiary/aromatic N) is 2. The third-order valence-electron chi connectivity index (χ3n) is 5.25. The summed E-state index contributed by atoms with van der Waals surface area (Å²) >= 11 is 0. The zero-order valence-corrected chi connectivity index (χ0v) is 15.2. The van der Waals surface area contributed by atoms with Crippen molar-refractivity contribution in [3.05, 3.63) is 52.0 Å². The number of allylic oxidation sites excluding steroid dienone is 2. The minimum Gasteiger partial charge on any atom is -0.461 e. The predicted molar refractivity (Wildman–Crippen MR) is 96.8 cm³/mol. The van der Waals surface area contributed by atoms with Crippen LogP contribution in [0.5, 0.6) is 0 Å². The summed E-state index contributed by atoms with van der Waals surface area (Å²) in [5.41, 5.74) is 5.07. The lowest BCUT2D eigenvalue weighted by Crippen LogP contribution is -2.42. The molecular weight excluding hydrogens is 328 g/mol. The minimum atomic E-state index is -0.443. The highest BCUT2D eigenvalue weighted by Crippen LogP contribution is 2.45. The van der Waals surface area contributed by atoms with Crippen molar-refractivity contribution in [1.29, 1.82) is 5.26 Å². The molecule has 1 atom stereocenters. The highest BCUT2D eigenvalue weighted by molar-refractivity contribution is 5.95. The fourth-order valence-electron chi connectivity index (χ4n) is 3.79. The molecule has 1 unspecified atom stereocenters. The monoisotopic (exact) mass is 348 g/mol. The largest absolute Gasteiger partial charge is 0.461 e. The van der Waals surface area contributed by atoms with Gasteiger partial charge in [0.05, 0.1) is 28.7 Å². The molecule has 6 heteroatoms. The molecule has 6 nitrogen and oxygen atoms in total. The first-order chi connectivity index (χ1) is 12.3. The van der Waals surface area contributed by atoms with E-state index < -0.39 is 5.92 Å². The first kappa shape index (κ1) is 16.4. The molecule has 0 fully saturated rings. The van der Waals surface area contributed by atoms with Crippen molar-refractivity contribution in [3.63, 3.8) is 0 Å². The van der Waals surface area contributed by atoms with Crippen LogP contribution in [0.15, 0.2) is 40.7 Å². The number of aryl methyl sites for hydroxylation is 1. The molecule has 1 aromatic heterocycles. The number of aromatic amines is 1. The molecular formula is C20H20N4O2. The van der Waals surface area contributed by atoms with Crippen LogP contribution in [0.1, 0.15) is 37.9 Å². The van der Waals surface area contributed by atoms with Gasteiger partial charge in [-0.05, 0) is 31.5 Å². The Balaban J connectivity index is 1.98. The second-order valence-corrected chi connectivity index (χ2v) is 7.58. The van der Waals surface area contributed by atoms with Crippen molar-refractivity contribution in [2.24, 2.45) is 5.41 Å². The Morgan fingerprint density at radius 2 is 2.12 bits per heavy atom. The fraction of sp³-hybridized carbons (Fsp3) is 0.350. The number of benzene rings is 1. The Morgan fingerprint density at radius 1 is 1.35 bits per heavy atom. The van der Waals surface area contributed by atoms with E-state index in [-0.39, 0.29) is 11.4 Å². The maximum absolute atomic E-state index is 12.7. The molecule has 0 spiro atoms. The van der Waals surface area contributed by atoms with E-state index in [1.165, 1.54) is 0 Å². The van der Waals surface area contributed by atoms with Crippen molar-refractivity contribution in [2.75, 3.05) is 6.61 Å². The van der Waals surface area contributed by atoms with Gasteiger partial charge in [-0.25, -0.2) is 4.79 Å². The number of esters is 1. The van der Waals surface area contributed by atoms with Crippen LogP contribution in [0.25, 0.3) is 10.9 Å². The van der Waals surface area contributed by atoms with E-state index in [9.17, 15) is 10.1 Å². The van der Waals surface area contributed by atoms with Gasteiger partial charge in [0.25, 0.3) is 0 Å². The number of hydrogen-bond donors (Lipinski definition) is 2. The normalized spacial score (nSPS) is 22.0. The molecule has 0 amide bonds. The molecule has 4 rings (SSSR count). The van der Waals surface area contributed by atoms with Crippen molar-refractivity contribution in [2.45, 2.75) is 33.6 Å². The Hall–Kier alpha value is -3.07. The summed E-state index contributed by atoms with van der Waals surface area (Å²) in [5, 5.41) is 21.3. The summed E-state index contributed by atoms with van der Waals surface area (Å²) in [7, 11) is 0. The SMILES string of the molecule is CC1=C(C#N)C(c2ccc3n[nH]c(C)c3c2)C2=C(N1)C(C)(C)COC2=O. The highest BCUT2D eigenvalue weighted by atomic mass is 16.5. The zero-order chi connectivity index (χ0) is 18.6. The molecule has 0 saturated carbocycles. The number of rotatable bonds is 1. The molecule has 26 heavy (non-hydrogen) atoms. The summed E-state index contributed by atoms with van der Waals surface area (Å²) in [6.07, 6.45) is 0. The molecule has 2 aromatic rings. The van der Waals surface area contributed by atoms with Gasteiger partial charge < -0.3 is 10.1 Å². The number of aromatic nitrogens is 2. The summed E-state index contributed by atoms with van der Waals surface area (Å²) < 4.78 is 5.45. The Labute approximate surface area is 151 Å². The van der Waals surface area contributed by atoms with Gasteiger partial charge in [-0.1, -0.05) is 19.9 Å². The van der Waals surface area contributed by atoms with Crippen LogP contribution in [0.4, 0.5) is 0 Å². The van der Waals surface area contributed by atoms with Crippen LogP contribution in [0.2, 0.25) is 0 Å². The van der Waals surface area contributed by atoms with Crippen LogP contribution < -0.4 is 5.32 Å². The van der Waals surface area contributed by atoms with Crippen molar-refractivity contribution >= 4 is 16.9 Å². The third-order valence-corrected chi connectivity index (χ3v) is 5.25. The molecule has 1 aromatic carbocycles. The summed E-state index contributed by atoms with van der Waals surface area (Å²) in [5.74, 6) is -0.803. The lowest BCUT2D eigenvalue weighted by Gasteiger charge is -2.40. The number of nitrogens with one attached hydrogen (secondary N) is 2. The third kappa shape index (κ3) is 2.24. The van der Waals surface area contributed by atoms with Crippen LogP contribution in [0.3, 0.4) is 0 Å². The van der Waals surface area contributed by atoms with E-state index in [0.717, 1.165) is 33.6 Å². The summed E-state index contributed by atoms with van der Waals surface area (Å²) in [4.78, 5) is 12.7. The van der Waals surface area contributed by atoms with Gasteiger partial charge in [0, 0.05) is 27.9 Å². The minimum absolute atomic E-state index is 0.319. The molecule has 3 heterocycles. The van der Waals surface area contributed by atoms with Crippen LogP contribution >= 0.6 is 0 Å². The molecule has 0 bridgehead atoms. The average Bonchev–Trinajstić information content (AvgIpc) is 2.98. The fourth-order valence-corrected chi connectivity index (χ4v) is 3.79. The predicted octanol–water partition coefficient (Wildman–Crippen LogP) is 3.19. The number of carbonyl (C=O) groups is 1. The molecule has 2 aliphatic heterocycles. The quantitative estimate of drug-likeness (QED) is 0.772. The maximum Gasteiger partial charge on any atom is 0.336 e. The number of H-pyrrole nitrogens is 1. The first-order valence-electron chi connectivity index (χ1n) is 8.58. The van der Waals surface area contributed by atoms with Gasteiger partial charge >= 0.3 is 5.97 Å². The standard InChI is InChI=1S/C20H20N4O2/c1-10-14(8-21)16(12-5-6-15-13(7-12)11(2)23-24-15)17-18(22-10)20(3,4)9-26-19(17)25/h5-7,16,22H,9H2,1-4H3,(H,23,24). The molecule has 0 radical (unpaired) electrons. The van der Waals surface area contributed by atoms with E-state index in [4.69, 9.17) is 4.74 Å². The zero-order valence-electron chi connectivity index (χ0n) is 15.2. The van der Waals surface area contributed by atoms with E-state index in [2.05, 4.69) is 21.6 Å². The smallest absolute Gasteiger partial charge is 0.336 e. The Bertz CT molecular complexity index is 1050. The van der Waals surface area contributed by atoms with Crippen LogP contribution in [-0.4, -0.2) is 22.8 Å². The topological polar surface area (TPSA) is 90.8 Å². The average molecular weight is 348 g/mol. The Kier molecular flexibility index (Phi) is 3.45. The number of carbonyl (C=O) groups excluding carboxylic acids is 1. The number of cyclic esters (lactones) is 1. The molecule has 2 aliphatic rings. The van der Waals surface area contributed by atoms with Gasteiger partial charge in [-0.15, -0.1) is 0 Å². The number of ether oxygens (including phenoxy) is 1. The molecule has 2 N–H and O–H groups in total. The van der Waals surface area contributed by atoms with Crippen molar-refractivity contribution < 1.29 is 9.53 Å². The van der Waals surface area contributed by atoms with Gasteiger partial charge in [-0.3, -0.25) is 5.10 Å². The highest BCUT2D eigenvalue weighted by Gasteiger charge is 2.44. The van der Waals surface area contributed by atoms with E-state index in [0.29, 0.717) is 17.8 Å². The summed E-state index contributed by atoms with van der Waals surface area (Å²) in [6.45, 7) is 8.22. The first-order valence-corrected chi connectivity index (χ1v) is 8.58. The molecule has 0 saturated heterocycles. The second kappa shape index (κ2) is 5.46. The maximum atomic E-state index is 12.7. The van der Waals surface area contributed by atoms with E-state index in [1.54, 1.807) is 0 Å². The number of nitriles is 1. The number of hydrogen-bond acceptors (Lipinski definition) is 5.